The molecule has 1 heterocycles. The largest absolute Gasteiger partial charge is 0.493 e. The number of hydrogen-bond donors (Lipinski definition) is 1. The number of aliphatic hydroxyl groups is 1. The zero-order chi connectivity index (χ0) is 15.3. The van der Waals surface area contributed by atoms with Crippen LogP contribution in [0.1, 0.15) is 27.2 Å². The van der Waals surface area contributed by atoms with Crippen LogP contribution in [0, 0.1) is 5.41 Å². The zero-order valence-electron chi connectivity index (χ0n) is 12.9. The SMILES string of the molecule is CC(C)(C)C(O)(CCOc1ccccc1)Cn1cncn1. The number of aromatic nitrogens is 3. The average molecular weight is 289 g/mol. The molecule has 0 amide bonds. The van der Waals surface area contributed by atoms with Crippen LogP contribution in [-0.4, -0.2) is 32.1 Å². The summed E-state index contributed by atoms with van der Waals surface area (Å²) in [5.74, 6) is 0.814. The molecular weight excluding hydrogens is 266 g/mol. The standard InChI is InChI=1S/C16H23N3O2/c1-15(2,3)16(20,11-19-13-17-12-18-19)9-10-21-14-7-5-4-6-8-14/h4-8,12-13,20H,9-11H2,1-3H3. The Hall–Kier alpha value is -1.88. The fraction of sp³-hybridized carbons (Fsp3) is 0.500. The quantitative estimate of drug-likeness (QED) is 0.887. The Bertz CT molecular complexity index is 534. The van der Waals surface area contributed by atoms with Gasteiger partial charge in [-0.2, -0.15) is 5.10 Å². The minimum atomic E-state index is -0.921. The van der Waals surface area contributed by atoms with Gasteiger partial charge in [-0.15, -0.1) is 0 Å². The van der Waals surface area contributed by atoms with Crippen LogP contribution >= 0.6 is 0 Å². The molecule has 21 heavy (non-hydrogen) atoms. The number of ether oxygens (including phenoxy) is 1. The van der Waals surface area contributed by atoms with Gasteiger partial charge in [-0.05, 0) is 17.5 Å². The van der Waals surface area contributed by atoms with Crippen molar-refractivity contribution in [2.75, 3.05) is 6.61 Å². The molecule has 5 heteroatoms. The number of benzene rings is 1. The first kappa shape index (κ1) is 15.5. The van der Waals surface area contributed by atoms with Gasteiger partial charge >= 0.3 is 0 Å². The van der Waals surface area contributed by atoms with E-state index in [9.17, 15) is 5.11 Å². The molecule has 0 fully saturated rings. The van der Waals surface area contributed by atoms with Crippen LogP contribution in [0.5, 0.6) is 5.75 Å². The molecule has 2 rings (SSSR count). The molecular formula is C16H23N3O2. The van der Waals surface area contributed by atoms with Crippen molar-refractivity contribution in [3.63, 3.8) is 0 Å². The highest BCUT2D eigenvalue weighted by atomic mass is 16.5. The van der Waals surface area contributed by atoms with Crippen molar-refractivity contribution in [2.45, 2.75) is 39.3 Å². The van der Waals surface area contributed by atoms with Crippen LogP contribution in [0.15, 0.2) is 43.0 Å². The summed E-state index contributed by atoms with van der Waals surface area (Å²) in [6.07, 6.45) is 3.61. The molecule has 114 valence electrons. The summed E-state index contributed by atoms with van der Waals surface area (Å²) in [6.45, 7) is 6.91. The van der Waals surface area contributed by atoms with E-state index in [0.717, 1.165) is 5.75 Å². The Balaban J connectivity index is 2.00. The van der Waals surface area contributed by atoms with Crippen molar-refractivity contribution in [1.82, 2.24) is 14.8 Å². The number of hydrogen-bond acceptors (Lipinski definition) is 4. The fourth-order valence-electron chi connectivity index (χ4n) is 2.13. The summed E-state index contributed by atoms with van der Waals surface area (Å²) >= 11 is 0. The summed E-state index contributed by atoms with van der Waals surface area (Å²) in [7, 11) is 0. The minimum Gasteiger partial charge on any atom is -0.493 e. The van der Waals surface area contributed by atoms with Gasteiger partial charge in [0.25, 0.3) is 0 Å². The van der Waals surface area contributed by atoms with Gasteiger partial charge in [-0.25, -0.2) is 4.98 Å². The molecule has 1 aromatic carbocycles. The van der Waals surface area contributed by atoms with Crippen LogP contribution < -0.4 is 4.74 Å². The van der Waals surface area contributed by atoms with E-state index in [1.165, 1.54) is 6.33 Å². The summed E-state index contributed by atoms with van der Waals surface area (Å²) in [6, 6.07) is 9.63. The first-order valence-electron chi connectivity index (χ1n) is 7.13. The molecule has 0 saturated heterocycles. The van der Waals surface area contributed by atoms with Crippen molar-refractivity contribution in [1.29, 1.82) is 0 Å². The number of para-hydroxylation sites is 1. The maximum atomic E-state index is 11.0. The minimum absolute atomic E-state index is 0.293. The van der Waals surface area contributed by atoms with Gasteiger partial charge in [0.1, 0.15) is 18.4 Å². The predicted molar refractivity (Wildman–Crippen MR) is 81.0 cm³/mol. The Morgan fingerprint density at radius 1 is 1.19 bits per heavy atom. The van der Waals surface area contributed by atoms with Crippen molar-refractivity contribution in [3.05, 3.63) is 43.0 Å². The van der Waals surface area contributed by atoms with Crippen molar-refractivity contribution in [2.24, 2.45) is 5.41 Å². The molecule has 0 aliphatic carbocycles. The molecule has 2 aromatic rings. The van der Waals surface area contributed by atoms with E-state index in [2.05, 4.69) is 10.1 Å². The second-order valence-corrected chi connectivity index (χ2v) is 6.29. The van der Waals surface area contributed by atoms with Crippen molar-refractivity contribution >= 4 is 0 Å². The summed E-state index contributed by atoms with van der Waals surface area (Å²) < 4.78 is 7.37. The molecule has 0 aliphatic rings. The normalized spacial score (nSPS) is 14.7. The molecule has 0 bridgehead atoms. The van der Waals surface area contributed by atoms with E-state index in [0.29, 0.717) is 19.6 Å². The van der Waals surface area contributed by atoms with E-state index in [4.69, 9.17) is 4.74 Å². The highest BCUT2D eigenvalue weighted by molar-refractivity contribution is 5.20. The van der Waals surface area contributed by atoms with E-state index < -0.39 is 5.60 Å². The lowest BCUT2D eigenvalue weighted by atomic mass is 9.74. The van der Waals surface area contributed by atoms with Gasteiger partial charge in [0.05, 0.1) is 18.8 Å². The molecule has 1 unspecified atom stereocenters. The van der Waals surface area contributed by atoms with E-state index in [1.54, 1.807) is 11.0 Å². The molecule has 0 saturated carbocycles. The molecule has 1 aromatic heterocycles. The second-order valence-electron chi connectivity index (χ2n) is 6.29. The van der Waals surface area contributed by atoms with Gasteiger partial charge < -0.3 is 9.84 Å². The van der Waals surface area contributed by atoms with Crippen LogP contribution in [0.3, 0.4) is 0 Å². The van der Waals surface area contributed by atoms with Gasteiger partial charge in [0.2, 0.25) is 0 Å². The summed E-state index contributed by atoms with van der Waals surface area (Å²) in [4.78, 5) is 3.93. The topological polar surface area (TPSA) is 60.2 Å². The lowest BCUT2D eigenvalue weighted by Gasteiger charge is -2.40. The zero-order valence-corrected chi connectivity index (χ0v) is 12.9. The van der Waals surface area contributed by atoms with Gasteiger partial charge in [0, 0.05) is 6.42 Å². The maximum Gasteiger partial charge on any atom is 0.137 e. The van der Waals surface area contributed by atoms with Gasteiger partial charge in [-0.1, -0.05) is 39.0 Å². The highest BCUT2D eigenvalue weighted by Crippen LogP contribution is 2.34. The number of nitrogens with zero attached hydrogens (tertiary/aromatic N) is 3. The van der Waals surface area contributed by atoms with Gasteiger partial charge in [-0.3, -0.25) is 4.68 Å². The third-order valence-corrected chi connectivity index (χ3v) is 3.81. The number of rotatable bonds is 6. The van der Waals surface area contributed by atoms with Crippen LogP contribution in [0.2, 0.25) is 0 Å². The first-order valence-corrected chi connectivity index (χ1v) is 7.13. The van der Waals surface area contributed by atoms with Crippen LogP contribution in [-0.2, 0) is 6.54 Å². The third kappa shape index (κ3) is 4.04. The molecule has 0 spiro atoms. The van der Waals surface area contributed by atoms with Crippen LogP contribution in [0.25, 0.3) is 0 Å². The average Bonchev–Trinajstić information content (AvgIpc) is 2.91. The smallest absolute Gasteiger partial charge is 0.137 e. The third-order valence-electron chi connectivity index (χ3n) is 3.81. The summed E-state index contributed by atoms with van der Waals surface area (Å²) in [5, 5.41) is 15.1. The maximum absolute atomic E-state index is 11.0. The molecule has 1 atom stereocenters. The molecule has 5 nitrogen and oxygen atoms in total. The van der Waals surface area contributed by atoms with E-state index in [-0.39, 0.29) is 5.41 Å². The monoisotopic (exact) mass is 289 g/mol. The predicted octanol–water partition coefficient (Wildman–Crippen LogP) is 2.52. The second kappa shape index (κ2) is 6.26. The molecule has 1 N–H and O–H groups in total. The Kier molecular flexibility index (Phi) is 4.63. The lowest BCUT2D eigenvalue weighted by Crippen LogP contribution is -2.47. The Morgan fingerprint density at radius 3 is 2.48 bits per heavy atom. The van der Waals surface area contributed by atoms with E-state index >= 15 is 0 Å². The van der Waals surface area contributed by atoms with Crippen molar-refractivity contribution in [3.8, 4) is 5.75 Å². The summed E-state index contributed by atoms with van der Waals surface area (Å²) in [5.41, 5.74) is -1.21. The lowest BCUT2D eigenvalue weighted by molar-refractivity contribution is -0.0862. The van der Waals surface area contributed by atoms with Crippen molar-refractivity contribution < 1.29 is 9.84 Å². The fourth-order valence-corrected chi connectivity index (χ4v) is 2.13. The van der Waals surface area contributed by atoms with E-state index in [1.807, 2.05) is 51.1 Å². The van der Waals surface area contributed by atoms with Gasteiger partial charge in [0.15, 0.2) is 0 Å². The molecule has 0 aliphatic heterocycles. The highest BCUT2D eigenvalue weighted by Gasteiger charge is 2.40. The first-order chi connectivity index (χ1) is 9.91. The van der Waals surface area contributed by atoms with Crippen LogP contribution in [0.4, 0.5) is 0 Å². The Morgan fingerprint density at radius 2 is 1.90 bits per heavy atom. The Labute approximate surface area is 125 Å². The molecule has 0 radical (unpaired) electrons.